The molecular weight excluding hydrogens is 196 g/mol. The van der Waals surface area contributed by atoms with Gasteiger partial charge in [-0.15, -0.1) is 0 Å². The predicted octanol–water partition coefficient (Wildman–Crippen LogP) is 3.47. The smallest absolute Gasteiger partial charge is 0.0739 e. The van der Waals surface area contributed by atoms with Crippen molar-refractivity contribution in [3.8, 4) is 0 Å². The van der Waals surface area contributed by atoms with Crippen LogP contribution < -0.4 is 0 Å². The van der Waals surface area contributed by atoms with E-state index in [1.807, 2.05) is 0 Å². The molecule has 0 amide bonds. The van der Waals surface area contributed by atoms with Crippen LogP contribution in [0.4, 0.5) is 0 Å². The number of rotatable bonds is 0. The number of aliphatic hydroxyl groups is 1. The third-order valence-corrected chi connectivity index (χ3v) is 6.46. The van der Waals surface area contributed by atoms with Gasteiger partial charge in [0.25, 0.3) is 0 Å². The molecule has 1 N–H and O–H groups in total. The van der Waals surface area contributed by atoms with Crippen LogP contribution in [-0.2, 0) is 0 Å². The molecule has 6 atom stereocenters. The van der Waals surface area contributed by atoms with Crippen LogP contribution in [0.25, 0.3) is 0 Å². The molecule has 16 heavy (non-hydrogen) atoms. The molecule has 1 nitrogen and oxygen atoms in total. The Morgan fingerprint density at radius 2 is 1.56 bits per heavy atom. The van der Waals surface area contributed by atoms with E-state index in [4.69, 9.17) is 0 Å². The van der Waals surface area contributed by atoms with E-state index < -0.39 is 0 Å². The van der Waals surface area contributed by atoms with Gasteiger partial charge in [0.1, 0.15) is 0 Å². The quantitative estimate of drug-likeness (QED) is 0.665. The van der Waals surface area contributed by atoms with E-state index in [0.29, 0.717) is 23.2 Å². The highest BCUT2D eigenvalue weighted by Gasteiger charge is 2.71. The molecule has 3 aliphatic carbocycles. The Balaban J connectivity index is 2.00. The van der Waals surface area contributed by atoms with E-state index in [9.17, 15) is 5.11 Å². The first-order chi connectivity index (χ1) is 7.40. The van der Waals surface area contributed by atoms with Gasteiger partial charge in [-0.25, -0.2) is 0 Å². The Kier molecular flexibility index (Phi) is 2.11. The van der Waals surface area contributed by atoms with E-state index in [1.165, 1.54) is 25.7 Å². The van der Waals surface area contributed by atoms with Gasteiger partial charge in [0, 0.05) is 0 Å². The van der Waals surface area contributed by atoms with Crippen molar-refractivity contribution in [2.75, 3.05) is 0 Å². The van der Waals surface area contributed by atoms with Gasteiger partial charge in [-0.05, 0) is 54.3 Å². The molecule has 0 heterocycles. The molecule has 0 unspecified atom stereocenters. The fourth-order valence-corrected chi connectivity index (χ4v) is 5.38. The lowest BCUT2D eigenvalue weighted by Gasteiger charge is -2.38. The zero-order valence-electron chi connectivity index (χ0n) is 11.2. The lowest BCUT2D eigenvalue weighted by Crippen LogP contribution is -2.44. The van der Waals surface area contributed by atoms with E-state index in [-0.39, 0.29) is 5.60 Å². The molecule has 0 radical (unpaired) electrons. The molecule has 0 bridgehead atoms. The van der Waals surface area contributed by atoms with Crippen molar-refractivity contribution in [2.24, 2.45) is 35.0 Å². The van der Waals surface area contributed by atoms with Crippen molar-refractivity contribution in [2.45, 2.75) is 59.0 Å². The van der Waals surface area contributed by atoms with Gasteiger partial charge in [-0.1, -0.05) is 34.1 Å². The zero-order chi connectivity index (χ0) is 11.7. The van der Waals surface area contributed by atoms with Crippen LogP contribution in [0, 0.1) is 35.0 Å². The summed E-state index contributed by atoms with van der Waals surface area (Å²) in [6.45, 7) is 9.39. The Hall–Kier alpha value is -0.0400. The van der Waals surface area contributed by atoms with E-state index in [2.05, 4.69) is 27.7 Å². The highest BCUT2D eigenvalue weighted by Crippen LogP contribution is 2.72. The van der Waals surface area contributed by atoms with Crippen molar-refractivity contribution in [3.05, 3.63) is 0 Å². The molecule has 3 rings (SSSR count). The topological polar surface area (TPSA) is 20.2 Å². The van der Waals surface area contributed by atoms with E-state index in [1.54, 1.807) is 0 Å². The molecule has 0 spiro atoms. The molecule has 0 aliphatic heterocycles. The SMILES string of the molecule is C[C@H]1CC[C@H]2[C@H](C2(C)C)[C@]2(O)[C@@H](C)CC[C@@H]12. The second-order valence-corrected chi connectivity index (χ2v) is 7.43. The first-order valence-electron chi connectivity index (χ1n) is 7.12. The highest BCUT2D eigenvalue weighted by atomic mass is 16.3. The van der Waals surface area contributed by atoms with Gasteiger partial charge < -0.3 is 5.11 Å². The maximum atomic E-state index is 11.3. The maximum absolute atomic E-state index is 11.3. The van der Waals surface area contributed by atoms with Gasteiger partial charge in [0.15, 0.2) is 0 Å². The zero-order valence-corrected chi connectivity index (χ0v) is 11.2. The van der Waals surface area contributed by atoms with E-state index >= 15 is 0 Å². The van der Waals surface area contributed by atoms with Crippen molar-refractivity contribution < 1.29 is 5.11 Å². The average Bonchev–Trinajstić information content (AvgIpc) is 2.67. The van der Waals surface area contributed by atoms with Crippen molar-refractivity contribution >= 4 is 0 Å². The molecule has 0 aromatic rings. The van der Waals surface area contributed by atoms with E-state index in [0.717, 1.165) is 11.8 Å². The fourth-order valence-electron chi connectivity index (χ4n) is 5.38. The molecular formula is C15H26O. The van der Waals surface area contributed by atoms with Gasteiger partial charge in [-0.3, -0.25) is 0 Å². The molecule has 0 saturated heterocycles. The van der Waals surface area contributed by atoms with Crippen LogP contribution in [0.1, 0.15) is 53.4 Å². The van der Waals surface area contributed by atoms with Gasteiger partial charge in [-0.2, -0.15) is 0 Å². The maximum Gasteiger partial charge on any atom is 0.0739 e. The van der Waals surface area contributed by atoms with Crippen LogP contribution in [0.5, 0.6) is 0 Å². The van der Waals surface area contributed by atoms with Crippen LogP contribution in [0.2, 0.25) is 0 Å². The summed E-state index contributed by atoms with van der Waals surface area (Å²) in [5, 5.41) is 11.3. The summed E-state index contributed by atoms with van der Waals surface area (Å²) in [6.07, 6.45) is 5.19. The molecule has 3 aliphatic rings. The minimum Gasteiger partial charge on any atom is -0.389 e. The average molecular weight is 222 g/mol. The Morgan fingerprint density at radius 1 is 0.938 bits per heavy atom. The summed E-state index contributed by atoms with van der Waals surface area (Å²) in [5.41, 5.74) is 0.0792. The van der Waals surface area contributed by atoms with Crippen LogP contribution >= 0.6 is 0 Å². The standard InChI is InChI=1S/C15H26O/c1-9-5-7-12-13(14(12,3)4)15(16)10(2)6-8-11(9)15/h9-13,16H,5-8H2,1-4H3/t9-,10-,11-,12-,13+,15-/m0/s1. The summed E-state index contributed by atoms with van der Waals surface area (Å²) < 4.78 is 0. The second-order valence-electron chi connectivity index (χ2n) is 7.43. The third-order valence-electron chi connectivity index (χ3n) is 6.46. The Bertz CT molecular complexity index is 309. The summed E-state index contributed by atoms with van der Waals surface area (Å²) in [7, 11) is 0. The summed E-state index contributed by atoms with van der Waals surface area (Å²) in [6, 6.07) is 0. The first kappa shape index (κ1) is 11.1. The lowest BCUT2D eigenvalue weighted by molar-refractivity contribution is -0.0738. The monoisotopic (exact) mass is 222 g/mol. The lowest BCUT2D eigenvalue weighted by atomic mass is 9.73. The normalized spacial score (nSPS) is 58.7. The molecule has 3 fully saturated rings. The minimum absolute atomic E-state index is 0.329. The largest absolute Gasteiger partial charge is 0.389 e. The first-order valence-corrected chi connectivity index (χ1v) is 7.12. The van der Waals surface area contributed by atoms with Crippen LogP contribution in [0.3, 0.4) is 0 Å². The molecule has 92 valence electrons. The predicted molar refractivity (Wildman–Crippen MR) is 66.0 cm³/mol. The number of hydrogen-bond donors (Lipinski definition) is 1. The molecule has 0 aromatic heterocycles. The summed E-state index contributed by atoms with van der Waals surface area (Å²) in [5.74, 6) is 3.23. The van der Waals surface area contributed by atoms with Gasteiger partial charge in [0.2, 0.25) is 0 Å². The Labute approximate surface area is 99.6 Å². The fraction of sp³-hybridized carbons (Fsp3) is 1.00. The molecule has 0 aromatic carbocycles. The highest BCUT2D eigenvalue weighted by molar-refractivity contribution is 5.20. The van der Waals surface area contributed by atoms with Gasteiger partial charge >= 0.3 is 0 Å². The number of fused-ring (bicyclic) bond motifs is 3. The van der Waals surface area contributed by atoms with Crippen molar-refractivity contribution in [1.29, 1.82) is 0 Å². The van der Waals surface area contributed by atoms with Gasteiger partial charge in [0.05, 0.1) is 5.60 Å². The van der Waals surface area contributed by atoms with Crippen molar-refractivity contribution in [3.63, 3.8) is 0 Å². The summed E-state index contributed by atoms with van der Waals surface area (Å²) in [4.78, 5) is 0. The van der Waals surface area contributed by atoms with Crippen molar-refractivity contribution in [1.82, 2.24) is 0 Å². The number of hydrogen-bond acceptors (Lipinski definition) is 1. The minimum atomic E-state index is -0.329. The van der Waals surface area contributed by atoms with Crippen LogP contribution in [0.15, 0.2) is 0 Å². The third kappa shape index (κ3) is 1.11. The van der Waals surface area contributed by atoms with Crippen LogP contribution in [-0.4, -0.2) is 10.7 Å². The summed E-state index contributed by atoms with van der Waals surface area (Å²) >= 11 is 0. The second kappa shape index (κ2) is 3.04. The molecule has 3 saturated carbocycles. The Morgan fingerprint density at radius 3 is 2.25 bits per heavy atom. The molecule has 1 heteroatoms.